The fourth-order valence-electron chi connectivity index (χ4n) is 5.15. The van der Waals surface area contributed by atoms with E-state index in [9.17, 15) is 9.59 Å². The lowest BCUT2D eigenvalue weighted by Crippen LogP contribution is -2.66. The summed E-state index contributed by atoms with van der Waals surface area (Å²) in [7, 11) is 0. The van der Waals surface area contributed by atoms with Crippen LogP contribution in [0.2, 0.25) is 0 Å². The Bertz CT molecular complexity index is 763. The number of allylic oxidation sites excluding steroid dienone is 1. The molecule has 0 unspecified atom stereocenters. The van der Waals surface area contributed by atoms with E-state index in [4.69, 9.17) is 0 Å². The van der Waals surface area contributed by atoms with Gasteiger partial charge in [0.15, 0.2) is 0 Å². The van der Waals surface area contributed by atoms with Gasteiger partial charge in [-0.1, -0.05) is 43.7 Å². The van der Waals surface area contributed by atoms with E-state index < -0.39 is 5.54 Å². The highest BCUT2D eigenvalue weighted by atomic mass is 16.2. The van der Waals surface area contributed by atoms with E-state index in [2.05, 4.69) is 53.3 Å². The molecule has 1 aliphatic carbocycles. The van der Waals surface area contributed by atoms with Crippen LogP contribution in [-0.2, 0) is 22.6 Å². The summed E-state index contributed by atoms with van der Waals surface area (Å²) < 4.78 is 0. The van der Waals surface area contributed by atoms with E-state index in [0.29, 0.717) is 13.0 Å². The van der Waals surface area contributed by atoms with Crippen molar-refractivity contribution in [3.05, 3.63) is 48.0 Å². The van der Waals surface area contributed by atoms with Crippen LogP contribution in [-0.4, -0.2) is 41.9 Å². The molecule has 1 aromatic rings. The molecule has 30 heavy (non-hydrogen) atoms. The van der Waals surface area contributed by atoms with Crippen LogP contribution in [0.4, 0.5) is 0 Å². The number of amides is 2. The molecular formula is C25H37N3O2. The number of hydrogen-bond donors (Lipinski definition) is 2. The summed E-state index contributed by atoms with van der Waals surface area (Å²) >= 11 is 0. The van der Waals surface area contributed by atoms with Crippen molar-refractivity contribution in [2.45, 2.75) is 64.5 Å². The standard InChI is InChI=1S/C25H37N3O2/c1-4-6-14-26-24(30)25(27-19(3)29)16-20(5-2)11-12-23(25)18-28-15-13-21-9-7-8-10-22(21)17-28/h5,7-10,20,23H,2,4,6,11-18H2,1,3H3,(H,26,30)(H,27,29)/t20-,23+,25-/m1/s1. The zero-order chi connectivity index (χ0) is 21.6. The second-order valence-corrected chi connectivity index (χ2v) is 8.99. The average molecular weight is 412 g/mol. The molecule has 0 radical (unpaired) electrons. The maximum Gasteiger partial charge on any atom is 0.246 e. The molecule has 2 amide bonds. The van der Waals surface area contributed by atoms with Gasteiger partial charge in [-0.05, 0) is 49.1 Å². The third-order valence-corrected chi connectivity index (χ3v) is 6.81. The smallest absolute Gasteiger partial charge is 0.246 e. The monoisotopic (exact) mass is 411 g/mol. The van der Waals surface area contributed by atoms with Crippen LogP contribution < -0.4 is 10.6 Å². The first-order chi connectivity index (χ1) is 14.5. The lowest BCUT2D eigenvalue weighted by molar-refractivity contribution is -0.138. The Kier molecular flexibility index (Phi) is 7.70. The first-order valence-corrected chi connectivity index (χ1v) is 11.5. The van der Waals surface area contributed by atoms with Gasteiger partial charge in [0.2, 0.25) is 11.8 Å². The van der Waals surface area contributed by atoms with Gasteiger partial charge in [0, 0.05) is 39.0 Å². The van der Waals surface area contributed by atoms with E-state index in [1.54, 1.807) is 0 Å². The van der Waals surface area contributed by atoms with Crippen molar-refractivity contribution < 1.29 is 9.59 Å². The third-order valence-electron chi connectivity index (χ3n) is 6.81. The molecule has 3 atom stereocenters. The Morgan fingerprint density at radius 1 is 1.27 bits per heavy atom. The first-order valence-electron chi connectivity index (χ1n) is 11.5. The maximum absolute atomic E-state index is 13.5. The molecule has 1 fully saturated rings. The highest BCUT2D eigenvalue weighted by Gasteiger charge is 2.50. The van der Waals surface area contributed by atoms with E-state index in [1.165, 1.54) is 18.1 Å². The van der Waals surface area contributed by atoms with Crippen molar-refractivity contribution >= 4 is 11.8 Å². The van der Waals surface area contributed by atoms with Crippen LogP contribution in [0.25, 0.3) is 0 Å². The van der Waals surface area contributed by atoms with Gasteiger partial charge in [0.05, 0.1) is 0 Å². The molecule has 5 heteroatoms. The fourth-order valence-corrected chi connectivity index (χ4v) is 5.15. The minimum atomic E-state index is -0.867. The Labute approximate surface area is 181 Å². The predicted molar refractivity (Wildman–Crippen MR) is 121 cm³/mol. The van der Waals surface area contributed by atoms with E-state index in [0.717, 1.165) is 51.7 Å². The van der Waals surface area contributed by atoms with Gasteiger partial charge in [0.25, 0.3) is 0 Å². The Morgan fingerprint density at radius 3 is 2.73 bits per heavy atom. The summed E-state index contributed by atoms with van der Waals surface area (Å²) in [5.74, 6) is 0.163. The van der Waals surface area contributed by atoms with Gasteiger partial charge >= 0.3 is 0 Å². The summed E-state index contributed by atoms with van der Waals surface area (Å²) in [6, 6.07) is 8.62. The SMILES string of the molecule is C=C[C@@H]1CC[C@@H](CN2CCc3ccccc3C2)[C@@](NC(C)=O)(C(=O)NCCCC)C1. The van der Waals surface area contributed by atoms with Crippen molar-refractivity contribution in [1.82, 2.24) is 15.5 Å². The lowest BCUT2D eigenvalue weighted by Gasteiger charge is -2.47. The van der Waals surface area contributed by atoms with Crippen LogP contribution in [0.1, 0.15) is 57.1 Å². The minimum absolute atomic E-state index is 0.0277. The van der Waals surface area contributed by atoms with Crippen molar-refractivity contribution in [2.75, 3.05) is 19.6 Å². The molecule has 1 aromatic carbocycles. The number of nitrogens with one attached hydrogen (secondary N) is 2. The topological polar surface area (TPSA) is 61.4 Å². The quantitative estimate of drug-likeness (QED) is 0.509. The van der Waals surface area contributed by atoms with Crippen LogP contribution >= 0.6 is 0 Å². The highest BCUT2D eigenvalue weighted by Crippen LogP contribution is 2.39. The van der Waals surface area contributed by atoms with Crippen LogP contribution in [0.15, 0.2) is 36.9 Å². The van der Waals surface area contributed by atoms with Gasteiger partial charge in [-0.15, -0.1) is 6.58 Å². The number of rotatable bonds is 8. The van der Waals surface area contributed by atoms with Crippen LogP contribution in [0.5, 0.6) is 0 Å². The summed E-state index contributed by atoms with van der Waals surface area (Å²) in [4.78, 5) is 28.1. The molecule has 164 valence electrons. The molecule has 2 N–H and O–H groups in total. The number of benzene rings is 1. The zero-order valence-electron chi connectivity index (χ0n) is 18.6. The third kappa shape index (κ3) is 5.12. The minimum Gasteiger partial charge on any atom is -0.354 e. The van der Waals surface area contributed by atoms with Crippen molar-refractivity contribution in [2.24, 2.45) is 11.8 Å². The lowest BCUT2D eigenvalue weighted by atomic mass is 9.67. The van der Waals surface area contributed by atoms with E-state index in [1.807, 2.05) is 6.08 Å². The summed E-state index contributed by atoms with van der Waals surface area (Å²) in [5.41, 5.74) is 1.93. The normalized spacial score (nSPS) is 26.5. The van der Waals surface area contributed by atoms with E-state index >= 15 is 0 Å². The fraction of sp³-hybridized carbons (Fsp3) is 0.600. The molecule has 0 bridgehead atoms. The second kappa shape index (κ2) is 10.3. The Morgan fingerprint density at radius 2 is 2.03 bits per heavy atom. The van der Waals surface area contributed by atoms with Gasteiger partial charge in [-0.3, -0.25) is 14.5 Å². The van der Waals surface area contributed by atoms with Crippen LogP contribution in [0, 0.1) is 11.8 Å². The number of nitrogens with zero attached hydrogens (tertiary/aromatic N) is 1. The van der Waals surface area contributed by atoms with Crippen molar-refractivity contribution in [1.29, 1.82) is 0 Å². The van der Waals surface area contributed by atoms with Gasteiger partial charge in [-0.2, -0.15) is 0 Å². The van der Waals surface area contributed by atoms with E-state index in [-0.39, 0.29) is 23.7 Å². The predicted octanol–water partition coefficient (Wildman–Crippen LogP) is 3.44. The number of unbranched alkanes of at least 4 members (excludes halogenated alkanes) is 1. The number of hydrogen-bond acceptors (Lipinski definition) is 3. The molecule has 0 spiro atoms. The summed E-state index contributed by atoms with van der Waals surface area (Å²) in [5, 5.41) is 6.24. The molecule has 3 rings (SSSR count). The molecule has 1 saturated carbocycles. The summed E-state index contributed by atoms with van der Waals surface area (Å²) in [6.07, 6.45) is 7.51. The molecule has 1 heterocycles. The molecule has 0 saturated heterocycles. The van der Waals surface area contributed by atoms with Crippen molar-refractivity contribution in [3.8, 4) is 0 Å². The number of fused-ring (bicyclic) bond motifs is 1. The van der Waals surface area contributed by atoms with Crippen molar-refractivity contribution in [3.63, 3.8) is 0 Å². The molecular weight excluding hydrogens is 374 g/mol. The van der Waals surface area contributed by atoms with Gasteiger partial charge < -0.3 is 10.6 Å². The van der Waals surface area contributed by atoms with Gasteiger partial charge in [-0.25, -0.2) is 0 Å². The maximum atomic E-state index is 13.5. The Balaban J connectivity index is 1.82. The zero-order valence-corrected chi connectivity index (χ0v) is 18.6. The van der Waals surface area contributed by atoms with Crippen LogP contribution in [0.3, 0.4) is 0 Å². The molecule has 1 aliphatic heterocycles. The summed E-state index contributed by atoms with van der Waals surface area (Å²) in [6.45, 7) is 11.0. The average Bonchev–Trinajstić information content (AvgIpc) is 2.74. The molecule has 2 aliphatic rings. The highest BCUT2D eigenvalue weighted by molar-refractivity contribution is 5.91. The second-order valence-electron chi connectivity index (χ2n) is 8.99. The number of carbonyl (C=O) groups is 2. The Hall–Kier alpha value is -2.14. The number of carbonyl (C=O) groups excluding carboxylic acids is 2. The molecule has 0 aromatic heterocycles. The molecule has 5 nitrogen and oxygen atoms in total. The largest absolute Gasteiger partial charge is 0.354 e. The van der Waals surface area contributed by atoms with Gasteiger partial charge in [0.1, 0.15) is 5.54 Å². The first kappa shape index (κ1) is 22.5.